The smallest absolute Gasteiger partial charge is 0.140 e. The summed E-state index contributed by atoms with van der Waals surface area (Å²) in [6.45, 7) is 3.92. The number of aliphatic hydroxyl groups is 1. The molecule has 1 atom stereocenters. The minimum atomic E-state index is -0.358. The standard InChI is InChI=1S/C12H16BrFO/c1-8(2)11(15)7-6-9-4-3-5-10(13)12(9)14/h3-5,8,11,15H,6-7H2,1-2H3. The second-order valence-electron chi connectivity index (χ2n) is 4.06. The average molecular weight is 275 g/mol. The fourth-order valence-corrected chi connectivity index (χ4v) is 1.79. The highest BCUT2D eigenvalue weighted by molar-refractivity contribution is 9.10. The van der Waals surface area contributed by atoms with Crippen LogP contribution in [0.4, 0.5) is 4.39 Å². The number of hydrogen-bond donors (Lipinski definition) is 1. The Hall–Kier alpha value is -0.410. The van der Waals surface area contributed by atoms with Crippen LogP contribution in [0.15, 0.2) is 22.7 Å². The molecule has 0 aliphatic carbocycles. The maximum absolute atomic E-state index is 13.5. The first-order chi connectivity index (χ1) is 7.02. The van der Waals surface area contributed by atoms with Crippen LogP contribution in [0.5, 0.6) is 0 Å². The highest BCUT2D eigenvalue weighted by Gasteiger charge is 2.11. The first-order valence-corrected chi connectivity index (χ1v) is 5.92. The van der Waals surface area contributed by atoms with Crippen molar-refractivity contribution < 1.29 is 9.50 Å². The molecule has 0 amide bonds. The molecule has 1 unspecified atom stereocenters. The van der Waals surface area contributed by atoms with Crippen LogP contribution < -0.4 is 0 Å². The lowest BCUT2D eigenvalue weighted by atomic mass is 9.99. The number of hydrogen-bond acceptors (Lipinski definition) is 1. The minimum Gasteiger partial charge on any atom is -0.393 e. The summed E-state index contributed by atoms with van der Waals surface area (Å²) in [7, 11) is 0. The molecule has 1 N–H and O–H groups in total. The highest BCUT2D eigenvalue weighted by Crippen LogP contribution is 2.20. The van der Waals surface area contributed by atoms with Crippen LogP contribution in [0, 0.1) is 11.7 Å². The third-order valence-electron chi connectivity index (χ3n) is 2.51. The van der Waals surface area contributed by atoms with E-state index in [1.54, 1.807) is 12.1 Å². The molecule has 1 aromatic rings. The zero-order valence-corrected chi connectivity index (χ0v) is 10.6. The molecular formula is C12H16BrFO. The fourth-order valence-electron chi connectivity index (χ4n) is 1.38. The molecule has 0 bridgehead atoms. The van der Waals surface area contributed by atoms with E-state index in [2.05, 4.69) is 15.9 Å². The summed E-state index contributed by atoms with van der Waals surface area (Å²) in [5.74, 6) is 0.00803. The SMILES string of the molecule is CC(C)C(O)CCc1cccc(Br)c1F. The molecule has 0 aromatic heterocycles. The molecule has 3 heteroatoms. The molecule has 1 aromatic carbocycles. The number of halogens is 2. The largest absolute Gasteiger partial charge is 0.393 e. The van der Waals surface area contributed by atoms with Crippen LogP contribution in [0.2, 0.25) is 0 Å². The van der Waals surface area contributed by atoms with Gasteiger partial charge in [0.15, 0.2) is 0 Å². The van der Waals surface area contributed by atoms with Gasteiger partial charge in [-0.25, -0.2) is 4.39 Å². The molecular weight excluding hydrogens is 259 g/mol. The van der Waals surface area contributed by atoms with Crippen LogP contribution in [-0.4, -0.2) is 11.2 Å². The average Bonchev–Trinajstić information content (AvgIpc) is 2.19. The van der Waals surface area contributed by atoms with E-state index in [0.29, 0.717) is 22.9 Å². The Morgan fingerprint density at radius 1 is 1.40 bits per heavy atom. The zero-order chi connectivity index (χ0) is 11.4. The van der Waals surface area contributed by atoms with Crippen molar-refractivity contribution in [2.24, 2.45) is 5.92 Å². The molecule has 0 saturated carbocycles. The minimum absolute atomic E-state index is 0.214. The lowest BCUT2D eigenvalue weighted by Crippen LogP contribution is -2.15. The van der Waals surface area contributed by atoms with Gasteiger partial charge in [-0.15, -0.1) is 0 Å². The number of benzene rings is 1. The van der Waals surface area contributed by atoms with Crippen molar-refractivity contribution in [3.63, 3.8) is 0 Å². The van der Waals surface area contributed by atoms with Crippen molar-refractivity contribution >= 4 is 15.9 Å². The second-order valence-corrected chi connectivity index (χ2v) is 4.92. The van der Waals surface area contributed by atoms with Crippen LogP contribution in [0.3, 0.4) is 0 Å². The van der Waals surface area contributed by atoms with Gasteiger partial charge >= 0.3 is 0 Å². The summed E-state index contributed by atoms with van der Waals surface area (Å²) in [5.41, 5.74) is 0.657. The molecule has 0 saturated heterocycles. The predicted octanol–water partition coefficient (Wildman–Crippen LogP) is 3.54. The van der Waals surface area contributed by atoms with Crippen molar-refractivity contribution in [1.82, 2.24) is 0 Å². The van der Waals surface area contributed by atoms with Crippen molar-refractivity contribution in [3.05, 3.63) is 34.1 Å². The summed E-state index contributed by atoms with van der Waals surface area (Å²) in [6.07, 6.45) is 0.818. The van der Waals surface area contributed by atoms with E-state index in [9.17, 15) is 9.50 Å². The number of rotatable bonds is 4. The molecule has 15 heavy (non-hydrogen) atoms. The summed E-state index contributed by atoms with van der Waals surface area (Å²) < 4.78 is 14.0. The molecule has 0 radical (unpaired) electrons. The number of aryl methyl sites for hydroxylation is 1. The van der Waals surface area contributed by atoms with Gasteiger partial charge in [0, 0.05) is 0 Å². The van der Waals surface area contributed by atoms with Crippen LogP contribution in [0.25, 0.3) is 0 Å². The molecule has 0 fully saturated rings. The third-order valence-corrected chi connectivity index (χ3v) is 3.12. The Balaban J connectivity index is 2.62. The van der Waals surface area contributed by atoms with Gasteiger partial charge in [0.25, 0.3) is 0 Å². The maximum Gasteiger partial charge on any atom is 0.140 e. The Morgan fingerprint density at radius 3 is 2.67 bits per heavy atom. The fraction of sp³-hybridized carbons (Fsp3) is 0.500. The van der Waals surface area contributed by atoms with Crippen molar-refractivity contribution in [2.45, 2.75) is 32.8 Å². The van der Waals surface area contributed by atoms with E-state index in [0.717, 1.165) is 0 Å². The van der Waals surface area contributed by atoms with Gasteiger partial charge in [-0.05, 0) is 46.3 Å². The van der Waals surface area contributed by atoms with Gasteiger partial charge < -0.3 is 5.11 Å². The van der Waals surface area contributed by atoms with Crippen molar-refractivity contribution in [3.8, 4) is 0 Å². The van der Waals surface area contributed by atoms with Gasteiger partial charge in [-0.1, -0.05) is 26.0 Å². The molecule has 1 nitrogen and oxygen atoms in total. The Bertz CT molecular complexity index is 325. The van der Waals surface area contributed by atoms with Gasteiger partial charge in [0.05, 0.1) is 10.6 Å². The Labute approximate surface area is 98.4 Å². The number of aliphatic hydroxyl groups excluding tert-OH is 1. The quantitative estimate of drug-likeness (QED) is 0.891. The van der Waals surface area contributed by atoms with Crippen LogP contribution in [-0.2, 0) is 6.42 Å². The van der Waals surface area contributed by atoms with E-state index >= 15 is 0 Å². The highest BCUT2D eigenvalue weighted by atomic mass is 79.9. The summed E-state index contributed by atoms with van der Waals surface area (Å²) in [6, 6.07) is 5.25. The maximum atomic E-state index is 13.5. The van der Waals surface area contributed by atoms with E-state index in [1.165, 1.54) is 0 Å². The second kappa shape index (κ2) is 5.61. The van der Waals surface area contributed by atoms with E-state index < -0.39 is 0 Å². The normalized spacial score (nSPS) is 13.2. The van der Waals surface area contributed by atoms with E-state index in [-0.39, 0.29) is 17.8 Å². The lowest BCUT2D eigenvalue weighted by molar-refractivity contribution is 0.116. The molecule has 0 spiro atoms. The zero-order valence-electron chi connectivity index (χ0n) is 9.00. The van der Waals surface area contributed by atoms with Crippen LogP contribution in [0.1, 0.15) is 25.8 Å². The summed E-state index contributed by atoms with van der Waals surface area (Å²) in [4.78, 5) is 0. The van der Waals surface area contributed by atoms with Gasteiger partial charge in [0.2, 0.25) is 0 Å². The van der Waals surface area contributed by atoms with Crippen LogP contribution >= 0.6 is 15.9 Å². The lowest BCUT2D eigenvalue weighted by Gasteiger charge is -2.14. The molecule has 0 aliphatic rings. The topological polar surface area (TPSA) is 20.2 Å². The van der Waals surface area contributed by atoms with Crippen molar-refractivity contribution in [2.75, 3.05) is 0 Å². The molecule has 84 valence electrons. The van der Waals surface area contributed by atoms with Gasteiger partial charge in [-0.3, -0.25) is 0 Å². The first-order valence-electron chi connectivity index (χ1n) is 5.13. The predicted molar refractivity (Wildman–Crippen MR) is 63.3 cm³/mol. The first kappa shape index (κ1) is 12.7. The molecule has 0 heterocycles. The Kier molecular flexibility index (Phi) is 4.74. The molecule has 1 rings (SSSR count). The molecule has 0 aliphatic heterocycles. The summed E-state index contributed by atoms with van der Waals surface area (Å²) >= 11 is 3.14. The van der Waals surface area contributed by atoms with E-state index in [4.69, 9.17) is 0 Å². The van der Waals surface area contributed by atoms with Crippen molar-refractivity contribution in [1.29, 1.82) is 0 Å². The van der Waals surface area contributed by atoms with Gasteiger partial charge in [-0.2, -0.15) is 0 Å². The summed E-state index contributed by atoms with van der Waals surface area (Å²) in [5, 5.41) is 9.61. The third kappa shape index (κ3) is 3.58. The monoisotopic (exact) mass is 274 g/mol. The van der Waals surface area contributed by atoms with E-state index in [1.807, 2.05) is 19.9 Å². The van der Waals surface area contributed by atoms with Gasteiger partial charge in [0.1, 0.15) is 5.82 Å². The Morgan fingerprint density at radius 2 is 2.07 bits per heavy atom.